The Bertz CT molecular complexity index is 2130. The SMILES string of the molecule is COc1ccc(C(OC[C@H]2O[C@@H](n3cc(C)c(=O)[nH]c3=O)C[C@@H]2OP(=O)(O)Oc2ccc(Cl)c(Cl)c2)(c2ccccc2)c2ccc(OC)cc2)cc1. The topological polar surface area (TPSA) is 148 Å². The van der Waals surface area contributed by atoms with Crippen molar-refractivity contribution in [2.24, 2.45) is 0 Å². The number of ether oxygens (including phenoxy) is 4. The minimum absolute atomic E-state index is 0.0573. The van der Waals surface area contributed by atoms with Crippen molar-refractivity contribution in [3.8, 4) is 17.2 Å². The molecule has 0 saturated carbocycles. The Hall–Kier alpha value is -4.39. The van der Waals surface area contributed by atoms with E-state index in [0.29, 0.717) is 11.5 Å². The molecule has 1 aliphatic rings. The van der Waals surface area contributed by atoms with E-state index in [-0.39, 0.29) is 34.4 Å². The van der Waals surface area contributed by atoms with Crippen molar-refractivity contribution in [2.75, 3.05) is 20.8 Å². The third-order valence-corrected chi connectivity index (χ3v) is 10.4. The maximum Gasteiger partial charge on any atom is 0.527 e. The number of hydrogen-bond donors (Lipinski definition) is 2. The lowest BCUT2D eigenvalue weighted by atomic mass is 9.80. The number of nitrogens with one attached hydrogen (secondary N) is 1. The highest BCUT2D eigenvalue weighted by Gasteiger charge is 2.45. The molecule has 0 aliphatic carbocycles. The number of halogens is 2. The molecular weight excluding hydrogens is 734 g/mol. The summed E-state index contributed by atoms with van der Waals surface area (Å²) in [6, 6.07) is 28.4. The Morgan fingerprint density at radius 1 is 0.865 bits per heavy atom. The Balaban J connectivity index is 1.40. The van der Waals surface area contributed by atoms with Crippen LogP contribution in [-0.2, 0) is 24.2 Å². The fourth-order valence-electron chi connectivity index (χ4n) is 6.07. The highest BCUT2D eigenvalue weighted by molar-refractivity contribution is 7.47. The van der Waals surface area contributed by atoms with Crippen LogP contribution in [0.25, 0.3) is 0 Å². The number of aromatic amines is 1. The second-order valence-corrected chi connectivity index (χ2v) is 14.1. The number of benzene rings is 4. The Morgan fingerprint density at radius 3 is 2.02 bits per heavy atom. The van der Waals surface area contributed by atoms with Crippen molar-refractivity contribution >= 4 is 31.0 Å². The van der Waals surface area contributed by atoms with E-state index < -0.39 is 43.1 Å². The minimum atomic E-state index is -4.85. The third kappa shape index (κ3) is 7.99. The molecule has 0 amide bonds. The van der Waals surface area contributed by atoms with E-state index in [1.807, 2.05) is 78.9 Å². The summed E-state index contributed by atoms with van der Waals surface area (Å²) in [5, 5.41) is 0.334. The first-order valence-corrected chi connectivity index (χ1v) is 18.3. The molecule has 15 heteroatoms. The van der Waals surface area contributed by atoms with E-state index >= 15 is 0 Å². The van der Waals surface area contributed by atoms with Crippen molar-refractivity contribution in [3.63, 3.8) is 0 Å². The second-order valence-electron chi connectivity index (χ2n) is 11.9. The predicted octanol–water partition coefficient (Wildman–Crippen LogP) is 7.03. The quantitative estimate of drug-likeness (QED) is 0.0945. The maximum absolute atomic E-state index is 13.5. The van der Waals surface area contributed by atoms with Gasteiger partial charge in [0.2, 0.25) is 0 Å². The van der Waals surface area contributed by atoms with Crippen molar-refractivity contribution < 1.29 is 37.5 Å². The number of methoxy groups -OCH3 is 2. The average Bonchev–Trinajstić information content (AvgIpc) is 3.53. The average molecular weight is 770 g/mol. The van der Waals surface area contributed by atoms with Crippen LogP contribution >= 0.6 is 31.0 Å². The highest BCUT2D eigenvalue weighted by Crippen LogP contribution is 2.50. The summed E-state index contributed by atoms with van der Waals surface area (Å²) in [7, 11) is -1.70. The standard InChI is InChI=1S/C37H35Cl2N2O10P/c1-23-21-41(36(43)40-35(23)42)34-20-32(51-52(44,45)50-29-17-18-30(38)31(39)19-29)33(49-34)22-48-37(24-7-5-4-6-8-24,25-9-13-27(46-2)14-10-25)26-11-15-28(47-3)16-12-26/h4-19,21,32-34H,20,22H2,1-3H3,(H,44,45)(H,40,42,43)/t32-,33+,34+/m0/s1. The molecule has 2 heterocycles. The van der Waals surface area contributed by atoms with Crippen LogP contribution in [0.5, 0.6) is 17.2 Å². The van der Waals surface area contributed by atoms with Crippen LogP contribution in [0.3, 0.4) is 0 Å². The van der Waals surface area contributed by atoms with Crippen LogP contribution in [0.2, 0.25) is 10.0 Å². The van der Waals surface area contributed by atoms with E-state index in [1.54, 1.807) is 21.1 Å². The molecule has 0 spiro atoms. The highest BCUT2D eigenvalue weighted by atomic mass is 35.5. The Kier molecular flexibility index (Phi) is 11.3. The van der Waals surface area contributed by atoms with Gasteiger partial charge in [0, 0.05) is 24.2 Å². The zero-order valence-corrected chi connectivity index (χ0v) is 30.6. The minimum Gasteiger partial charge on any atom is -0.497 e. The lowest BCUT2D eigenvalue weighted by Crippen LogP contribution is -2.38. The first kappa shape index (κ1) is 37.4. The molecule has 1 unspecified atom stereocenters. The molecule has 1 aliphatic heterocycles. The monoisotopic (exact) mass is 768 g/mol. The largest absolute Gasteiger partial charge is 0.527 e. The molecule has 1 aromatic heterocycles. The van der Waals surface area contributed by atoms with Crippen molar-refractivity contribution in [2.45, 2.75) is 37.4 Å². The van der Waals surface area contributed by atoms with Gasteiger partial charge in [0.1, 0.15) is 41.3 Å². The summed E-state index contributed by atoms with van der Waals surface area (Å²) >= 11 is 12.1. The molecule has 2 N–H and O–H groups in total. The Labute approximate surface area is 309 Å². The number of H-pyrrole nitrogens is 1. The van der Waals surface area contributed by atoms with Gasteiger partial charge in [0.15, 0.2) is 0 Å². The summed E-state index contributed by atoms with van der Waals surface area (Å²) in [4.78, 5) is 38.3. The van der Waals surface area contributed by atoms with Crippen molar-refractivity contribution in [1.82, 2.24) is 9.55 Å². The maximum atomic E-state index is 13.5. The van der Waals surface area contributed by atoms with Crippen LogP contribution in [0.15, 0.2) is 113 Å². The van der Waals surface area contributed by atoms with E-state index in [4.69, 9.17) is 51.2 Å². The Morgan fingerprint density at radius 2 is 1.44 bits per heavy atom. The smallest absolute Gasteiger partial charge is 0.497 e. The number of hydrogen-bond acceptors (Lipinski definition) is 9. The second kappa shape index (κ2) is 15.7. The number of phosphoric ester groups is 1. The summed E-state index contributed by atoms with van der Waals surface area (Å²) < 4.78 is 50.0. The molecular formula is C37H35Cl2N2O10P. The molecule has 6 rings (SSSR count). The molecule has 12 nitrogen and oxygen atoms in total. The van der Waals surface area contributed by atoms with Crippen LogP contribution < -0.4 is 25.2 Å². The summed E-state index contributed by atoms with van der Waals surface area (Å²) in [6.45, 7) is 1.33. The van der Waals surface area contributed by atoms with E-state index in [9.17, 15) is 19.0 Å². The van der Waals surface area contributed by atoms with Gasteiger partial charge in [-0.2, -0.15) is 0 Å². The van der Waals surface area contributed by atoms with E-state index in [2.05, 4.69) is 4.98 Å². The lowest BCUT2D eigenvalue weighted by Gasteiger charge is -2.37. The zero-order valence-electron chi connectivity index (χ0n) is 28.2. The third-order valence-electron chi connectivity index (χ3n) is 8.65. The number of phosphoric acid groups is 1. The van der Waals surface area contributed by atoms with Gasteiger partial charge in [-0.25, -0.2) is 9.36 Å². The molecule has 272 valence electrons. The van der Waals surface area contributed by atoms with E-state index in [0.717, 1.165) is 16.7 Å². The summed E-state index contributed by atoms with van der Waals surface area (Å²) in [5.74, 6) is 1.22. The summed E-state index contributed by atoms with van der Waals surface area (Å²) in [6.07, 6.45) is -1.93. The van der Waals surface area contributed by atoms with Gasteiger partial charge in [-0.1, -0.05) is 77.8 Å². The first-order valence-electron chi connectivity index (χ1n) is 16.0. The van der Waals surface area contributed by atoms with Crippen molar-refractivity contribution in [3.05, 3.63) is 156 Å². The normalized spacial score (nSPS) is 18.5. The van der Waals surface area contributed by atoms with Crippen LogP contribution in [0, 0.1) is 6.92 Å². The zero-order chi connectivity index (χ0) is 37.0. The van der Waals surface area contributed by atoms with Gasteiger partial charge in [-0.3, -0.25) is 23.8 Å². The van der Waals surface area contributed by atoms with Gasteiger partial charge in [-0.05, 0) is 60.0 Å². The molecule has 0 radical (unpaired) electrons. The number of nitrogens with zero attached hydrogens (tertiary/aromatic N) is 1. The van der Waals surface area contributed by atoms with E-state index in [1.165, 1.54) is 29.0 Å². The number of aromatic nitrogens is 2. The molecule has 5 aromatic rings. The molecule has 4 aromatic carbocycles. The van der Waals surface area contributed by atoms with Crippen LogP contribution in [-0.4, -0.2) is 47.5 Å². The molecule has 0 bridgehead atoms. The fraction of sp³-hybridized carbons (Fsp3) is 0.243. The first-order chi connectivity index (χ1) is 24.9. The van der Waals surface area contributed by atoms with Gasteiger partial charge in [-0.15, -0.1) is 0 Å². The van der Waals surface area contributed by atoms with Gasteiger partial charge >= 0.3 is 13.5 Å². The number of rotatable bonds is 13. The van der Waals surface area contributed by atoms with Gasteiger partial charge < -0.3 is 23.5 Å². The molecule has 52 heavy (non-hydrogen) atoms. The number of aryl methyl sites for hydroxylation is 1. The molecule has 1 saturated heterocycles. The predicted molar refractivity (Wildman–Crippen MR) is 195 cm³/mol. The van der Waals surface area contributed by atoms with Gasteiger partial charge in [0.05, 0.1) is 30.9 Å². The fourth-order valence-corrected chi connectivity index (χ4v) is 7.35. The lowest BCUT2D eigenvalue weighted by molar-refractivity contribution is -0.0933. The summed E-state index contributed by atoms with van der Waals surface area (Å²) in [5.41, 5.74) is -0.0427. The van der Waals surface area contributed by atoms with Crippen LogP contribution in [0.1, 0.15) is 34.9 Å². The molecule has 1 fully saturated rings. The van der Waals surface area contributed by atoms with Gasteiger partial charge in [0.25, 0.3) is 5.56 Å². The molecule has 4 atom stereocenters. The van der Waals surface area contributed by atoms with Crippen molar-refractivity contribution in [1.29, 1.82) is 0 Å². The van der Waals surface area contributed by atoms with Crippen LogP contribution in [0.4, 0.5) is 0 Å².